The standard InChI is InChI=1S/C11H27N3O/c1-5-12-9-11(15)10-14(4)8-6-7-13(2)3/h11-12,15H,5-10H2,1-4H3. The molecule has 0 spiro atoms. The number of likely N-dealkylation sites (N-methyl/N-ethyl adjacent to an activating group) is 2. The van der Waals surface area contributed by atoms with Crippen molar-refractivity contribution < 1.29 is 5.11 Å². The van der Waals surface area contributed by atoms with E-state index in [1.165, 1.54) is 0 Å². The Morgan fingerprint density at radius 2 is 1.87 bits per heavy atom. The Kier molecular flexibility index (Phi) is 9.00. The molecule has 0 aliphatic carbocycles. The highest BCUT2D eigenvalue weighted by Gasteiger charge is 2.06. The third kappa shape index (κ3) is 10.1. The smallest absolute Gasteiger partial charge is 0.0791 e. The van der Waals surface area contributed by atoms with Crippen LogP contribution in [0.4, 0.5) is 0 Å². The lowest BCUT2D eigenvalue weighted by Crippen LogP contribution is -2.37. The van der Waals surface area contributed by atoms with E-state index in [0.717, 1.165) is 32.6 Å². The van der Waals surface area contributed by atoms with Crippen LogP contribution in [-0.2, 0) is 0 Å². The average Bonchev–Trinajstić information content (AvgIpc) is 2.14. The van der Waals surface area contributed by atoms with Crippen LogP contribution in [0.5, 0.6) is 0 Å². The first kappa shape index (κ1) is 14.8. The summed E-state index contributed by atoms with van der Waals surface area (Å²) < 4.78 is 0. The van der Waals surface area contributed by atoms with Crippen molar-refractivity contribution in [3.8, 4) is 0 Å². The topological polar surface area (TPSA) is 38.7 Å². The van der Waals surface area contributed by atoms with E-state index >= 15 is 0 Å². The van der Waals surface area contributed by atoms with Crippen LogP contribution in [0, 0.1) is 0 Å². The lowest BCUT2D eigenvalue weighted by atomic mass is 10.3. The summed E-state index contributed by atoms with van der Waals surface area (Å²) in [6.07, 6.45) is 0.895. The first-order valence-electron chi connectivity index (χ1n) is 5.78. The van der Waals surface area contributed by atoms with E-state index in [-0.39, 0.29) is 6.10 Å². The second-order valence-corrected chi connectivity index (χ2v) is 4.38. The van der Waals surface area contributed by atoms with E-state index in [1.54, 1.807) is 0 Å². The van der Waals surface area contributed by atoms with Crippen LogP contribution < -0.4 is 5.32 Å². The summed E-state index contributed by atoms with van der Waals surface area (Å²) in [4.78, 5) is 4.37. The number of hydrogen-bond donors (Lipinski definition) is 2. The molecule has 0 aromatic carbocycles. The van der Waals surface area contributed by atoms with Crippen molar-refractivity contribution in [2.75, 3.05) is 53.9 Å². The Balaban J connectivity index is 3.42. The molecule has 2 N–H and O–H groups in total. The molecule has 0 rings (SSSR count). The molecular weight excluding hydrogens is 190 g/mol. The van der Waals surface area contributed by atoms with Gasteiger partial charge in [-0.15, -0.1) is 0 Å². The normalized spacial score (nSPS) is 13.8. The summed E-state index contributed by atoms with van der Waals surface area (Å²) in [5, 5.41) is 12.8. The molecule has 0 saturated heterocycles. The molecule has 15 heavy (non-hydrogen) atoms. The van der Waals surface area contributed by atoms with Crippen LogP contribution in [-0.4, -0.2) is 74.9 Å². The number of nitrogens with zero attached hydrogens (tertiary/aromatic N) is 2. The van der Waals surface area contributed by atoms with E-state index in [1.807, 2.05) is 6.92 Å². The number of rotatable bonds is 9. The van der Waals surface area contributed by atoms with Crippen molar-refractivity contribution in [3.05, 3.63) is 0 Å². The van der Waals surface area contributed by atoms with Crippen molar-refractivity contribution in [2.24, 2.45) is 0 Å². The highest BCUT2D eigenvalue weighted by Crippen LogP contribution is 1.92. The van der Waals surface area contributed by atoms with Crippen LogP contribution >= 0.6 is 0 Å². The van der Waals surface area contributed by atoms with Crippen molar-refractivity contribution in [1.29, 1.82) is 0 Å². The molecule has 0 amide bonds. The van der Waals surface area contributed by atoms with Crippen LogP contribution in [0.1, 0.15) is 13.3 Å². The molecule has 0 aliphatic rings. The number of aliphatic hydroxyl groups is 1. The lowest BCUT2D eigenvalue weighted by molar-refractivity contribution is 0.123. The van der Waals surface area contributed by atoms with Crippen LogP contribution in [0.25, 0.3) is 0 Å². The van der Waals surface area contributed by atoms with Crippen LogP contribution in [0.3, 0.4) is 0 Å². The average molecular weight is 217 g/mol. The molecule has 1 unspecified atom stereocenters. The molecule has 1 atom stereocenters. The van der Waals surface area contributed by atoms with Crippen LogP contribution in [0.2, 0.25) is 0 Å². The Hall–Kier alpha value is -0.160. The number of nitrogens with one attached hydrogen (secondary N) is 1. The zero-order valence-corrected chi connectivity index (χ0v) is 10.7. The largest absolute Gasteiger partial charge is 0.390 e. The van der Waals surface area contributed by atoms with Crippen molar-refractivity contribution in [1.82, 2.24) is 15.1 Å². The van der Waals surface area contributed by atoms with Gasteiger partial charge in [0, 0.05) is 13.1 Å². The van der Waals surface area contributed by atoms with E-state index in [2.05, 4.69) is 36.3 Å². The van der Waals surface area contributed by atoms with E-state index in [4.69, 9.17) is 0 Å². The van der Waals surface area contributed by atoms with Gasteiger partial charge >= 0.3 is 0 Å². The van der Waals surface area contributed by atoms with Crippen LogP contribution in [0.15, 0.2) is 0 Å². The maximum Gasteiger partial charge on any atom is 0.0791 e. The van der Waals surface area contributed by atoms with E-state index in [9.17, 15) is 5.11 Å². The lowest BCUT2D eigenvalue weighted by Gasteiger charge is -2.21. The Bertz CT molecular complexity index is 142. The first-order valence-corrected chi connectivity index (χ1v) is 5.78. The van der Waals surface area contributed by atoms with Gasteiger partial charge in [-0.2, -0.15) is 0 Å². The third-order valence-corrected chi connectivity index (χ3v) is 2.30. The van der Waals surface area contributed by atoms with Crippen molar-refractivity contribution in [2.45, 2.75) is 19.4 Å². The van der Waals surface area contributed by atoms with E-state index < -0.39 is 0 Å². The fourth-order valence-electron chi connectivity index (χ4n) is 1.48. The van der Waals surface area contributed by atoms with Gasteiger partial charge in [0.15, 0.2) is 0 Å². The SMILES string of the molecule is CCNCC(O)CN(C)CCCN(C)C. The highest BCUT2D eigenvalue weighted by atomic mass is 16.3. The summed E-state index contributed by atoms with van der Waals surface area (Å²) in [5.41, 5.74) is 0. The molecule has 0 radical (unpaired) electrons. The fraction of sp³-hybridized carbons (Fsp3) is 1.00. The molecule has 0 aliphatic heterocycles. The third-order valence-electron chi connectivity index (χ3n) is 2.30. The van der Waals surface area contributed by atoms with Gasteiger partial charge in [-0.25, -0.2) is 0 Å². The summed E-state index contributed by atoms with van der Waals surface area (Å²) >= 11 is 0. The van der Waals surface area contributed by atoms with Gasteiger partial charge in [0.25, 0.3) is 0 Å². The van der Waals surface area contributed by atoms with Crippen molar-refractivity contribution >= 4 is 0 Å². The number of hydrogen-bond acceptors (Lipinski definition) is 4. The molecule has 0 aromatic rings. The Morgan fingerprint density at radius 3 is 2.40 bits per heavy atom. The van der Waals surface area contributed by atoms with Gasteiger partial charge in [-0.1, -0.05) is 6.92 Å². The zero-order chi connectivity index (χ0) is 11.7. The summed E-state index contributed by atoms with van der Waals surface area (Å²) in [7, 11) is 6.23. The van der Waals surface area contributed by atoms with Gasteiger partial charge in [0.2, 0.25) is 0 Å². The molecule has 0 saturated carbocycles. The van der Waals surface area contributed by atoms with Gasteiger partial charge in [-0.3, -0.25) is 0 Å². The molecule has 92 valence electrons. The Labute approximate surface area is 94.3 Å². The minimum Gasteiger partial charge on any atom is -0.390 e. The van der Waals surface area contributed by atoms with Gasteiger partial charge in [0.05, 0.1) is 6.10 Å². The second-order valence-electron chi connectivity index (χ2n) is 4.38. The fourth-order valence-corrected chi connectivity index (χ4v) is 1.48. The number of aliphatic hydroxyl groups excluding tert-OH is 1. The predicted octanol–water partition coefficient (Wildman–Crippen LogP) is -0.160. The maximum absolute atomic E-state index is 9.64. The summed E-state index contributed by atoms with van der Waals surface area (Å²) in [6.45, 7) is 6.55. The first-order chi connectivity index (χ1) is 7.06. The highest BCUT2D eigenvalue weighted by molar-refractivity contribution is 4.64. The molecular formula is C11H27N3O. The maximum atomic E-state index is 9.64. The Morgan fingerprint density at radius 1 is 1.20 bits per heavy atom. The summed E-state index contributed by atoms with van der Waals surface area (Å²) in [5.74, 6) is 0. The van der Waals surface area contributed by atoms with E-state index in [0.29, 0.717) is 6.54 Å². The van der Waals surface area contributed by atoms with Gasteiger partial charge in [-0.05, 0) is 47.2 Å². The summed E-state index contributed by atoms with van der Waals surface area (Å²) in [6, 6.07) is 0. The minimum absolute atomic E-state index is 0.255. The molecule has 0 bridgehead atoms. The molecule has 0 heterocycles. The molecule has 4 heteroatoms. The predicted molar refractivity (Wildman–Crippen MR) is 65.2 cm³/mol. The monoisotopic (exact) mass is 217 g/mol. The second kappa shape index (κ2) is 9.09. The van der Waals surface area contributed by atoms with Crippen molar-refractivity contribution in [3.63, 3.8) is 0 Å². The van der Waals surface area contributed by atoms with Gasteiger partial charge in [0.1, 0.15) is 0 Å². The molecule has 0 aromatic heterocycles. The quantitative estimate of drug-likeness (QED) is 0.563. The van der Waals surface area contributed by atoms with Gasteiger partial charge < -0.3 is 20.2 Å². The zero-order valence-electron chi connectivity index (χ0n) is 10.7. The molecule has 4 nitrogen and oxygen atoms in total. The molecule has 0 fully saturated rings. The minimum atomic E-state index is -0.255.